The van der Waals surface area contributed by atoms with E-state index in [1.807, 2.05) is 56.5 Å². The van der Waals surface area contributed by atoms with Crippen molar-refractivity contribution >= 4 is 51.3 Å². The third-order valence-corrected chi connectivity index (χ3v) is 6.70. The fourth-order valence-electron chi connectivity index (χ4n) is 2.92. The van der Waals surface area contributed by atoms with E-state index < -0.39 is 18.1 Å². The highest BCUT2D eigenvalue weighted by molar-refractivity contribution is 7.99. The summed E-state index contributed by atoms with van der Waals surface area (Å²) in [4.78, 5) is 43.5. The average molecular weight is 502 g/mol. The Morgan fingerprint density at radius 1 is 1.12 bits per heavy atom. The Morgan fingerprint density at radius 2 is 1.88 bits per heavy atom. The first kappa shape index (κ1) is 25.5. The van der Waals surface area contributed by atoms with Crippen molar-refractivity contribution in [3.8, 4) is 0 Å². The molecule has 0 radical (unpaired) electrons. The average Bonchev–Trinajstić information content (AvgIpc) is 3.29. The van der Waals surface area contributed by atoms with Crippen LogP contribution in [0.1, 0.15) is 29.1 Å². The smallest absolute Gasteiger partial charge is 0.408 e. The lowest BCUT2D eigenvalue weighted by molar-refractivity contribution is -0.146. The third kappa shape index (κ3) is 7.19. The predicted molar refractivity (Wildman–Crippen MR) is 133 cm³/mol. The van der Waals surface area contributed by atoms with Crippen molar-refractivity contribution in [3.05, 3.63) is 59.1 Å². The Bertz CT molecular complexity index is 1130. The molecule has 34 heavy (non-hydrogen) atoms. The molecule has 3 rings (SSSR count). The van der Waals surface area contributed by atoms with E-state index in [0.717, 1.165) is 20.7 Å². The molecule has 0 saturated carbocycles. The maximum absolute atomic E-state index is 12.8. The zero-order valence-corrected chi connectivity index (χ0v) is 20.8. The number of thioether (sulfide) groups is 1. The maximum Gasteiger partial charge on any atom is 0.408 e. The fourth-order valence-corrected chi connectivity index (χ4v) is 4.72. The lowest BCUT2D eigenvalue weighted by Crippen LogP contribution is -2.49. The van der Waals surface area contributed by atoms with Crippen molar-refractivity contribution in [1.82, 2.24) is 15.6 Å². The van der Waals surface area contributed by atoms with Gasteiger partial charge in [0.1, 0.15) is 12.6 Å². The molecule has 0 spiro atoms. The molecule has 0 aliphatic heterocycles. The summed E-state index contributed by atoms with van der Waals surface area (Å²) in [7, 11) is 0. The molecular formula is C24H27N3O5S2. The van der Waals surface area contributed by atoms with Crippen LogP contribution in [0, 0.1) is 5.92 Å². The molecule has 180 valence electrons. The molecule has 8 nitrogen and oxygen atoms in total. The van der Waals surface area contributed by atoms with Gasteiger partial charge in [0.05, 0.1) is 21.7 Å². The number of nitrogens with one attached hydrogen (secondary N) is 2. The summed E-state index contributed by atoms with van der Waals surface area (Å²) >= 11 is 2.91. The number of carbonyl (C=O) groups is 3. The van der Waals surface area contributed by atoms with E-state index in [2.05, 4.69) is 15.6 Å². The number of hydrogen-bond donors (Lipinski definition) is 2. The molecule has 0 saturated heterocycles. The normalized spacial score (nSPS) is 11.8. The molecule has 2 aromatic heterocycles. The van der Waals surface area contributed by atoms with Crippen LogP contribution in [-0.2, 0) is 20.9 Å². The number of ether oxygens (including phenoxy) is 2. The van der Waals surface area contributed by atoms with Crippen molar-refractivity contribution < 1.29 is 23.9 Å². The van der Waals surface area contributed by atoms with E-state index in [9.17, 15) is 14.4 Å². The van der Waals surface area contributed by atoms with Crippen LogP contribution >= 0.6 is 23.1 Å². The van der Waals surface area contributed by atoms with Crippen molar-refractivity contribution in [2.45, 2.75) is 31.4 Å². The summed E-state index contributed by atoms with van der Waals surface area (Å²) in [6.07, 6.45) is 2.89. The molecule has 2 amide bonds. The fraction of sp³-hybridized carbons (Fsp3) is 0.333. The number of esters is 1. The van der Waals surface area contributed by atoms with Gasteiger partial charge in [-0.2, -0.15) is 0 Å². The van der Waals surface area contributed by atoms with E-state index >= 15 is 0 Å². The van der Waals surface area contributed by atoms with Gasteiger partial charge in [0.25, 0.3) is 5.91 Å². The van der Waals surface area contributed by atoms with Gasteiger partial charge in [0.2, 0.25) is 0 Å². The SMILES string of the molecule is CSc1ccnc2cc(C(=O)NC[C@@H](NC(=O)OCc3ccccc3)C(=O)OCC(C)C)sc12. The topological polar surface area (TPSA) is 107 Å². The molecular weight excluding hydrogens is 474 g/mol. The number of alkyl carbamates (subject to hydrolysis) is 1. The first-order valence-corrected chi connectivity index (χ1v) is 12.8. The number of aromatic nitrogens is 1. The van der Waals surface area contributed by atoms with Crippen LogP contribution in [0.4, 0.5) is 4.79 Å². The third-order valence-electron chi connectivity index (χ3n) is 4.63. The monoisotopic (exact) mass is 501 g/mol. The van der Waals surface area contributed by atoms with Crippen LogP contribution in [0.25, 0.3) is 10.2 Å². The number of carbonyl (C=O) groups excluding carboxylic acids is 3. The molecule has 10 heteroatoms. The van der Waals surface area contributed by atoms with E-state index in [1.54, 1.807) is 24.0 Å². The number of nitrogens with zero attached hydrogens (tertiary/aromatic N) is 1. The molecule has 2 N–H and O–H groups in total. The van der Waals surface area contributed by atoms with Crippen LogP contribution in [-0.4, -0.2) is 48.4 Å². The molecule has 3 aromatic rings. The number of rotatable bonds is 10. The Labute approximate surface area is 206 Å². The first-order chi connectivity index (χ1) is 16.4. The maximum atomic E-state index is 12.8. The van der Waals surface area contributed by atoms with Crippen molar-refractivity contribution in [2.24, 2.45) is 5.92 Å². The van der Waals surface area contributed by atoms with Gasteiger partial charge >= 0.3 is 12.1 Å². The number of hydrogen-bond acceptors (Lipinski definition) is 8. The second kappa shape index (κ2) is 12.4. The van der Waals surface area contributed by atoms with Gasteiger partial charge in [-0.25, -0.2) is 9.59 Å². The second-order valence-corrected chi connectivity index (χ2v) is 9.73. The number of benzene rings is 1. The second-order valence-electron chi connectivity index (χ2n) is 7.83. The van der Waals surface area contributed by atoms with Crippen LogP contribution < -0.4 is 10.6 Å². The largest absolute Gasteiger partial charge is 0.464 e. The standard InChI is InChI=1S/C24H27N3O5S2/c1-15(2)13-31-23(29)18(27-24(30)32-14-16-7-5-4-6-8-16)12-26-22(28)20-11-17-21(34-20)19(33-3)9-10-25-17/h4-11,15,18H,12-14H2,1-3H3,(H,26,28)(H,27,30)/t18-/m1/s1. The summed E-state index contributed by atoms with van der Waals surface area (Å²) in [5.41, 5.74) is 1.55. The highest BCUT2D eigenvalue weighted by Crippen LogP contribution is 2.32. The van der Waals surface area contributed by atoms with Crippen LogP contribution in [0.3, 0.4) is 0 Å². The quantitative estimate of drug-likeness (QED) is 0.316. The summed E-state index contributed by atoms with van der Waals surface area (Å²) in [5.74, 6) is -0.884. The summed E-state index contributed by atoms with van der Waals surface area (Å²) in [6.45, 7) is 3.92. The Balaban J connectivity index is 1.63. The molecule has 0 aliphatic rings. The molecule has 1 aromatic carbocycles. The Hall–Kier alpha value is -3.11. The molecule has 2 heterocycles. The highest BCUT2D eigenvalue weighted by Gasteiger charge is 2.25. The van der Waals surface area contributed by atoms with Crippen molar-refractivity contribution in [1.29, 1.82) is 0 Å². The van der Waals surface area contributed by atoms with Gasteiger partial charge in [0, 0.05) is 17.6 Å². The van der Waals surface area contributed by atoms with Gasteiger partial charge in [0.15, 0.2) is 0 Å². The van der Waals surface area contributed by atoms with Crippen LogP contribution in [0.2, 0.25) is 0 Å². The lowest BCUT2D eigenvalue weighted by atomic mass is 10.2. The molecule has 0 unspecified atom stereocenters. The lowest BCUT2D eigenvalue weighted by Gasteiger charge is -2.18. The number of amides is 2. The first-order valence-electron chi connectivity index (χ1n) is 10.7. The summed E-state index contributed by atoms with van der Waals surface area (Å²) in [6, 6.07) is 11.7. The van der Waals surface area contributed by atoms with E-state index in [1.165, 1.54) is 11.3 Å². The minimum Gasteiger partial charge on any atom is -0.464 e. The van der Waals surface area contributed by atoms with Gasteiger partial charge in [-0.1, -0.05) is 44.2 Å². The number of fused-ring (bicyclic) bond motifs is 1. The molecule has 1 atom stereocenters. The molecule has 0 bridgehead atoms. The molecule has 0 fully saturated rings. The minimum atomic E-state index is -1.10. The van der Waals surface area contributed by atoms with Crippen molar-refractivity contribution in [3.63, 3.8) is 0 Å². The van der Waals surface area contributed by atoms with Crippen LogP contribution in [0.15, 0.2) is 53.6 Å². The van der Waals surface area contributed by atoms with Crippen LogP contribution in [0.5, 0.6) is 0 Å². The summed E-state index contributed by atoms with van der Waals surface area (Å²) < 4.78 is 11.4. The van der Waals surface area contributed by atoms with Gasteiger partial charge in [-0.3, -0.25) is 9.78 Å². The molecule has 0 aliphatic carbocycles. The highest BCUT2D eigenvalue weighted by atomic mass is 32.2. The van der Waals surface area contributed by atoms with E-state index in [0.29, 0.717) is 4.88 Å². The predicted octanol–water partition coefficient (Wildman–Crippen LogP) is 4.24. The van der Waals surface area contributed by atoms with Gasteiger partial charge in [-0.15, -0.1) is 23.1 Å². The minimum absolute atomic E-state index is 0.0549. The van der Waals surface area contributed by atoms with Crippen molar-refractivity contribution in [2.75, 3.05) is 19.4 Å². The van der Waals surface area contributed by atoms with E-state index in [-0.39, 0.29) is 31.6 Å². The zero-order chi connectivity index (χ0) is 24.5. The summed E-state index contributed by atoms with van der Waals surface area (Å²) in [5, 5.41) is 5.21. The number of thiophene rings is 1. The Morgan fingerprint density at radius 3 is 2.59 bits per heavy atom. The number of pyridine rings is 1. The zero-order valence-electron chi connectivity index (χ0n) is 19.2. The van der Waals surface area contributed by atoms with Gasteiger partial charge in [-0.05, 0) is 29.9 Å². The van der Waals surface area contributed by atoms with E-state index in [4.69, 9.17) is 9.47 Å². The van der Waals surface area contributed by atoms with Gasteiger partial charge < -0.3 is 20.1 Å². The Kier molecular flexibility index (Phi) is 9.29.